The maximum absolute atomic E-state index is 12.7. The minimum absolute atomic E-state index is 0.0284. The Kier molecular flexibility index (Phi) is 5.82. The van der Waals surface area contributed by atoms with Crippen LogP contribution in [0.15, 0.2) is 47.4 Å². The van der Waals surface area contributed by atoms with E-state index in [0.717, 1.165) is 5.56 Å². The van der Waals surface area contributed by atoms with E-state index in [1.54, 1.807) is 19.1 Å². The summed E-state index contributed by atoms with van der Waals surface area (Å²) < 4.78 is 33.3. The summed E-state index contributed by atoms with van der Waals surface area (Å²) in [5.74, 6) is 0.257. The van der Waals surface area contributed by atoms with Gasteiger partial charge in [0, 0.05) is 11.1 Å². The zero-order valence-corrected chi connectivity index (χ0v) is 16.7. The molecule has 0 aromatic heterocycles. The number of halogens is 1. The van der Waals surface area contributed by atoms with E-state index < -0.39 is 10.0 Å². The van der Waals surface area contributed by atoms with Crippen LogP contribution in [0.3, 0.4) is 0 Å². The SMILES string of the molecule is COc1ccc(Cl)cc1S(=O)(=O)N[C@H](C)c1ccc(C(C)(C)C)cc1. The molecule has 2 aromatic rings. The topological polar surface area (TPSA) is 55.4 Å². The first-order valence-electron chi connectivity index (χ1n) is 8.01. The summed E-state index contributed by atoms with van der Waals surface area (Å²) in [7, 11) is -2.34. The summed E-state index contributed by atoms with van der Waals surface area (Å²) in [5, 5.41) is 0.336. The third-order valence-electron chi connectivity index (χ3n) is 4.02. The molecule has 25 heavy (non-hydrogen) atoms. The van der Waals surface area contributed by atoms with Crippen molar-refractivity contribution in [2.24, 2.45) is 0 Å². The molecule has 0 radical (unpaired) electrons. The van der Waals surface area contributed by atoms with Crippen molar-refractivity contribution in [3.05, 3.63) is 58.6 Å². The van der Waals surface area contributed by atoms with Crippen molar-refractivity contribution in [2.45, 2.75) is 44.0 Å². The second kappa shape index (κ2) is 7.36. The van der Waals surface area contributed by atoms with Crippen LogP contribution in [0, 0.1) is 0 Å². The van der Waals surface area contributed by atoms with E-state index in [1.165, 1.54) is 18.7 Å². The summed E-state index contributed by atoms with van der Waals surface area (Å²) in [4.78, 5) is 0.0284. The molecule has 4 nitrogen and oxygen atoms in total. The normalized spacial score (nSPS) is 13.5. The zero-order chi connectivity index (χ0) is 18.8. The predicted molar refractivity (Wildman–Crippen MR) is 102 cm³/mol. The van der Waals surface area contributed by atoms with Gasteiger partial charge in [0.2, 0.25) is 10.0 Å². The molecule has 1 N–H and O–H groups in total. The van der Waals surface area contributed by atoms with Crippen LogP contribution in [0.5, 0.6) is 5.75 Å². The maximum atomic E-state index is 12.7. The molecular weight excluding hydrogens is 358 g/mol. The highest BCUT2D eigenvalue weighted by Crippen LogP contribution is 2.29. The first-order valence-corrected chi connectivity index (χ1v) is 9.87. The number of hydrogen-bond donors (Lipinski definition) is 1. The molecule has 0 heterocycles. The van der Waals surface area contributed by atoms with E-state index in [0.29, 0.717) is 5.02 Å². The van der Waals surface area contributed by atoms with Crippen LogP contribution >= 0.6 is 11.6 Å². The third-order valence-corrected chi connectivity index (χ3v) is 5.82. The molecule has 0 aliphatic heterocycles. The summed E-state index contributed by atoms with van der Waals surface area (Å²) in [6, 6.07) is 12.1. The molecule has 0 aliphatic carbocycles. The fourth-order valence-corrected chi connectivity index (χ4v) is 4.16. The molecule has 0 fully saturated rings. The molecule has 2 aromatic carbocycles. The van der Waals surface area contributed by atoms with Crippen LogP contribution in [0.4, 0.5) is 0 Å². The monoisotopic (exact) mass is 381 g/mol. The predicted octanol–water partition coefficient (Wildman–Crippen LogP) is 4.69. The van der Waals surface area contributed by atoms with Crippen LogP contribution in [-0.4, -0.2) is 15.5 Å². The van der Waals surface area contributed by atoms with Crippen molar-refractivity contribution < 1.29 is 13.2 Å². The molecule has 2 rings (SSSR count). The number of nitrogens with one attached hydrogen (secondary N) is 1. The Morgan fingerprint density at radius 2 is 1.68 bits per heavy atom. The molecule has 6 heteroatoms. The third kappa shape index (κ3) is 4.75. The van der Waals surface area contributed by atoms with E-state index in [-0.39, 0.29) is 22.1 Å². The second-order valence-electron chi connectivity index (χ2n) is 7.01. The highest BCUT2D eigenvalue weighted by molar-refractivity contribution is 7.89. The average Bonchev–Trinajstić information content (AvgIpc) is 2.53. The van der Waals surface area contributed by atoms with Crippen molar-refractivity contribution in [3.63, 3.8) is 0 Å². The molecule has 0 amide bonds. The summed E-state index contributed by atoms with van der Waals surface area (Å²) in [6.45, 7) is 8.22. The molecule has 0 saturated heterocycles. The molecule has 0 spiro atoms. The van der Waals surface area contributed by atoms with Gasteiger partial charge < -0.3 is 4.74 Å². The van der Waals surface area contributed by atoms with E-state index in [2.05, 4.69) is 25.5 Å². The largest absolute Gasteiger partial charge is 0.495 e. The molecule has 0 bridgehead atoms. The average molecular weight is 382 g/mol. The summed E-state index contributed by atoms with van der Waals surface area (Å²) >= 11 is 5.95. The molecular formula is C19H24ClNO3S. The lowest BCUT2D eigenvalue weighted by molar-refractivity contribution is 0.402. The quantitative estimate of drug-likeness (QED) is 0.817. The van der Waals surface area contributed by atoms with Gasteiger partial charge in [-0.3, -0.25) is 0 Å². The minimum Gasteiger partial charge on any atom is -0.495 e. The fourth-order valence-electron chi connectivity index (χ4n) is 2.50. The maximum Gasteiger partial charge on any atom is 0.244 e. The highest BCUT2D eigenvalue weighted by Gasteiger charge is 2.23. The van der Waals surface area contributed by atoms with Crippen LogP contribution < -0.4 is 9.46 Å². The van der Waals surface area contributed by atoms with Gasteiger partial charge in [0.15, 0.2) is 0 Å². The first-order chi connectivity index (χ1) is 11.5. The number of hydrogen-bond acceptors (Lipinski definition) is 3. The number of rotatable bonds is 5. The van der Waals surface area contributed by atoms with Gasteiger partial charge in [-0.1, -0.05) is 56.6 Å². The zero-order valence-electron chi connectivity index (χ0n) is 15.1. The number of methoxy groups -OCH3 is 1. The van der Waals surface area contributed by atoms with Gasteiger partial charge in [-0.15, -0.1) is 0 Å². The van der Waals surface area contributed by atoms with E-state index in [4.69, 9.17) is 16.3 Å². The van der Waals surface area contributed by atoms with Gasteiger partial charge in [0.1, 0.15) is 10.6 Å². The van der Waals surface area contributed by atoms with Crippen molar-refractivity contribution in [3.8, 4) is 5.75 Å². The smallest absolute Gasteiger partial charge is 0.244 e. The summed E-state index contributed by atoms with van der Waals surface area (Å²) in [6.07, 6.45) is 0. The van der Waals surface area contributed by atoms with Gasteiger partial charge in [-0.25, -0.2) is 13.1 Å². The molecule has 0 saturated carbocycles. The van der Waals surface area contributed by atoms with E-state index >= 15 is 0 Å². The number of benzene rings is 2. The Morgan fingerprint density at radius 3 is 2.20 bits per heavy atom. The second-order valence-corrected chi connectivity index (χ2v) is 9.13. The van der Waals surface area contributed by atoms with Gasteiger partial charge in [-0.2, -0.15) is 0 Å². The Labute approximate surface area is 155 Å². The van der Waals surface area contributed by atoms with E-state index in [9.17, 15) is 8.42 Å². The van der Waals surface area contributed by atoms with Gasteiger partial charge in [0.05, 0.1) is 7.11 Å². The standard InChI is InChI=1S/C19H24ClNO3S/c1-13(14-6-8-15(9-7-14)19(2,3)4)21-25(22,23)18-12-16(20)10-11-17(18)24-5/h6-13,21H,1-5H3/t13-/m1/s1. The molecule has 1 atom stereocenters. The lowest BCUT2D eigenvalue weighted by Crippen LogP contribution is -2.27. The van der Waals surface area contributed by atoms with Crippen molar-refractivity contribution in [2.75, 3.05) is 7.11 Å². The summed E-state index contributed by atoms with van der Waals surface area (Å²) in [5.41, 5.74) is 2.13. The van der Waals surface area contributed by atoms with Gasteiger partial charge in [0.25, 0.3) is 0 Å². The Hall–Kier alpha value is -1.56. The molecule has 0 aliphatic rings. The number of sulfonamides is 1. The Bertz CT molecular complexity index is 840. The van der Waals surface area contributed by atoms with Crippen molar-refractivity contribution in [1.82, 2.24) is 4.72 Å². The van der Waals surface area contributed by atoms with Crippen molar-refractivity contribution >= 4 is 21.6 Å². The fraction of sp³-hybridized carbons (Fsp3) is 0.368. The van der Waals surface area contributed by atoms with E-state index in [1.807, 2.05) is 24.3 Å². The molecule has 0 unspecified atom stereocenters. The van der Waals surface area contributed by atoms with Gasteiger partial charge >= 0.3 is 0 Å². The minimum atomic E-state index is -3.77. The van der Waals surface area contributed by atoms with Crippen LogP contribution in [-0.2, 0) is 15.4 Å². The Balaban J connectivity index is 2.27. The lowest BCUT2D eigenvalue weighted by atomic mass is 9.86. The highest BCUT2D eigenvalue weighted by atomic mass is 35.5. The van der Waals surface area contributed by atoms with Crippen LogP contribution in [0.1, 0.15) is 44.9 Å². The Morgan fingerprint density at radius 1 is 1.08 bits per heavy atom. The first kappa shape index (κ1) is 19.8. The molecule has 136 valence electrons. The van der Waals surface area contributed by atoms with Crippen molar-refractivity contribution in [1.29, 1.82) is 0 Å². The number of ether oxygens (including phenoxy) is 1. The van der Waals surface area contributed by atoms with Crippen LogP contribution in [0.2, 0.25) is 5.02 Å². The lowest BCUT2D eigenvalue weighted by Gasteiger charge is -2.21. The van der Waals surface area contributed by atoms with Gasteiger partial charge in [-0.05, 0) is 41.7 Å². The van der Waals surface area contributed by atoms with Crippen LogP contribution in [0.25, 0.3) is 0 Å².